The molecule has 1 aliphatic rings. The number of nitrogens with zero attached hydrogens (tertiary/aromatic N) is 1. The summed E-state index contributed by atoms with van der Waals surface area (Å²) < 4.78 is 11.4. The van der Waals surface area contributed by atoms with Gasteiger partial charge in [-0.1, -0.05) is 34.1 Å². The van der Waals surface area contributed by atoms with Gasteiger partial charge in [0.25, 0.3) is 0 Å². The predicted octanol–water partition coefficient (Wildman–Crippen LogP) is 4.06. The van der Waals surface area contributed by atoms with Gasteiger partial charge in [-0.05, 0) is 52.2 Å². The van der Waals surface area contributed by atoms with Gasteiger partial charge in [0.2, 0.25) is 0 Å². The van der Waals surface area contributed by atoms with Crippen LogP contribution < -0.4 is 0 Å². The van der Waals surface area contributed by atoms with Crippen LogP contribution in [-0.2, 0) is 14.3 Å². The highest BCUT2D eigenvalue weighted by atomic mass is 79.9. The number of carbonyl (C=O) groups is 2. The van der Waals surface area contributed by atoms with Crippen LogP contribution >= 0.6 is 15.9 Å². The lowest BCUT2D eigenvalue weighted by Gasteiger charge is -2.42. The van der Waals surface area contributed by atoms with E-state index in [1.165, 1.54) is 0 Å². The summed E-state index contributed by atoms with van der Waals surface area (Å²) >= 11 is 3.45. The number of benzene rings is 1. The number of aliphatic hydroxyl groups is 1. The molecule has 1 atom stereocenters. The number of ether oxygens (including phenoxy) is 2. The highest BCUT2D eigenvalue weighted by Gasteiger charge is 2.50. The van der Waals surface area contributed by atoms with Crippen LogP contribution in [0.4, 0.5) is 4.79 Å². The highest BCUT2D eigenvalue weighted by Crippen LogP contribution is 2.46. The Bertz CT molecular complexity index is 677. The number of likely N-dealkylation sites (tertiary alicyclic amines) is 1. The van der Waals surface area contributed by atoms with Gasteiger partial charge in [0.05, 0.1) is 12.7 Å². The van der Waals surface area contributed by atoms with Crippen LogP contribution in [-0.4, -0.2) is 47.4 Å². The minimum absolute atomic E-state index is 0.235. The number of halogens is 1. The molecule has 1 heterocycles. The number of aliphatic hydroxyl groups excluding tert-OH is 1. The van der Waals surface area contributed by atoms with E-state index in [2.05, 4.69) is 15.9 Å². The Labute approximate surface area is 169 Å². The van der Waals surface area contributed by atoms with E-state index in [-0.39, 0.29) is 6.61 Å². The van der Waals surface area contributed by atoms with Gasteiger partial charge in [-0.15, -0.1) is 0 Å². The predicted molar refractivity (Wildman–Crippen MR) is 105 cm³/mol. The zero-order chi connectivity index (χ0) is 20.2. The molecule has 0 radical (unpaired) electrons. The standard InChI is InChI=1S/C20H28BrNO5/c1-5-26-17(24)20(16(23)14-8-6-7-9-15(14)21)10-12-22(13-11-20)18(25)27-19(2,3)4/h6-9,16,23H,5,10-13H2,1-4H3. The Morgan fingerprint density at radius 1 is 1.26 bits per heavy atom. The Morgan fingerprint density at radius 3 is 2.37 bits per heavy atom. The first-order chi connectivity index (χ1) is 12.6. The molecule has 0 aromatic heterocycles. The van der Waals surface area contributed by atoms with E-state index in [9.17, 15) is 14.7 Å². The molecule has 1 fully saturated rings. The number of esters is 1. The number of carbonyl (C=O) groups excluding carboxylic acids is 2. The van der Waals surface area contributed by atoms with E-state index in [0.29, 0.717) is 31.5 Å². The first-order valence-corrected chi connectivity index (χ1v) is 9.97. The van der Waals surface area contributed by atoms with Crippen LogP contribution in [0.25, 0.3) is 0 Å². The third-order valence-corrected chi connectivity index (χ3v) is 5.43. The highest BCUT2D eigenvalue weighted by molar-refractivity contribution is 9.10. The minimum atomic E-state index is -1.10. The van der Waals surface area contributed by atoms with Crippen molar-refractivity contribution in [1.82, 2.24) is 4.90 Å². The van der Waals surface area contributed by atoms with Crippen LogP contribution in [0.5, 0.6) is 0 Å². The normalized spacial score (nSPS) is 17.9. The number of hydrogen-bond donors (Lipinski definition) is 1. The zero-order valence-electron chi connectivity index (χ0n) is 16.3. The third kappa shape index (κ3) is 5.02. The van der Waals surface area contributed by atoms with Gasteiger partial charge in [-0.2, -0.15) is 0 Å². The van der Waals surface area contributed by atoms with Crippen molar-refractivity contribution in [3.63, 3.8) is 0 Å². The number of rotatable bonds is 4. The maximum Gasteiger partial charge on any atom is 0.410 e. The van der Waals surface area contributed by atoms with Gasteiger partial charge in [-0.25, -0.2) is 4.79 Å². The molecule has 1 unspecified atom stereocenters. The second kappa shape index (κ2) is 8.61. The molecule has 27 heavy (non-hydrogen) atoms. The Morgan fingerprint density at radius 2 is 1.85 bits per heavy atom. The zero-order valence-corrected chi connectivity index (χ0v) is 17.9. The summed E-state index contributed by atoms with van der Waals surface area (Å²) in [5.74, 6) is -0.433. The van der Waals surface area contributed by atoms with E-state index in [0.717, 1.165) is 4.47 Å². The first-order valence-electron chi connectivity index (χ1n) is 9.18. The summed E-state index contributed by atoms with van der Waals surface area (Å²) in [4.78, 5) is 26.7. The second-order valence-corrected chi connectivity index (χ2v) is 8.62. The minimum Gasteiger partial charge on any atom is -0.465 e. The van der Waals surface area contributed by atoms with Crippen LogP contribution in [0.1, 0.15) is 52.2 Å². The van der Waals surface area contributed by atoms with Gasteiger partial charge < -0.3 is 19.5 Å². The molecule has 1 aromatic rings. The average molecular weight is 442 g/mol. The van der Waals surface area contributed by atoms with Crippen molar-refractivity contribution >= 4 is 28.0 Å². The topological polar surface area (TPSA) is 76.1 Å². The summed E-state index contributed by atoms with van der Waals surface area (Å²) in [6.07, 6.45) is -0.843. The van der Waals surface area contributed by atoms with Crippen molar-refractivity contribution in [2.75, 3.05) is 19.7 Å². The van der Waals surface area contributed by atoms with Crippen LogP contribution in [0, 0.1) is 5.41 Å². The Hall–Kier alpha value is -1.60. The molecule has 0 spiro atoms. The summed E-state index contributed by atoms with van der Waals surface area (Å²) in [6.45, 7) is 8.05. The van der Waals surface area contributed by atoms with E-state index in [1.54, 1.807) is 17.9 Å². The second-order valence-electron chi connectivity index (χ2n) is 7.77. The molecule has 0 bridgehead atoms. The fourth-order valence-corrected chi connectivity index (χ4v) is 3.77. The maximum absolute atomic E-state index is 12.8. The fourth-order valence-electron chi connectivity index (χ4n) is 3.27. The van der Waals surface area contributed by atoms with Crippen molar-refractivity contribution in [1.29, 1.82) is 0 Å². The van der Waals surface area contributed by atoms with Gasteiger partial charge in [0.1, 0.15) is 11.0 Å². The van der Waals surface area contributed by atoms with E-state index < -0.39 is 29.2 Å². The van der Waals surface area contributed by atoms with Crippen LogP contribution in [0.15, 0.2) is 28.7 Å². The number of amides is 1. The van der Waals surface area contributed by atoms with Crippen LogP contribution in [0.2, 0.25) is 0 Å². The van der Waals surface area contributed by atoms with Crippen LogP contribution in [0.3, 0.4) is 0 Å². The van der Waals surface area contributed by atoms with Crippen molar-refractivity contribution in [2.45, 2.75) is 52.2 Å². The lowest BCUT2D eigenvalue weighted by molar-refractivity contribution is -0.168. The third-order valence-electron chi connectivity index (χ3n) is 4.71. The molecule has 0 saturated carbocycles. The SMILES string of the molecule is CCOC(=O)C1(C(O)c2ccccc2Br)CCN(C(=O)OC(C)(C)C)CC1. The largest absolute Gasteiger partial charge is 0.465 e. The fraction of sp³-hybridized carbons (Fsp3) is 0.600. The summed E-state index contributed by atoms with van der Waals surface area (Å²) in [5, 5.41) is 11.1. The molecule has 1 aromatic carbocycles. The first kappa shape index (κ1) is 21.7. The Balaban J connectivity index is 2.24. The van der Waals surface area contributed by atoms with E-state index in [1.807, 2.05) is 39.0 Å². The molecular formula is C20H28BrNO5. The van der Waals surface area contributed by atoms with Crippen molar-refractivity contribution in [3.8, 4) is 0 Å². The molecule has 6 nitrogen and oxygen atoms in total. The smallest absolute Gasteiger partial charge is 0.410 e. The van der Waals surface area contributed by atoms with E-state index >= 15 is 0 Å². The molecule has 7 heteroatoms. The van der Waals surface area contributed by atoms with E-state index in [4.69, 9.17) is 9.47 Å². The van der Waals surface area contributed by atoms with Gasteiger partial charge in [0.15, 0.2) is 0 Å². The Kier molecular flexibility index (Phi) is 6.92. The number of hydrogen-bond acceptors (Lipinski definition) is 5. The molecule has 1 saturated heterocycles. The maximum atomic E-state index is 12.8. The molecule has 1 N–H and O–H groups in total. The van der Waals surface area contributed by atoms with Crippen molar-refractivity contribution < 1.29 is 24.2 Å². The molecule has 0 aliphatic carbocycles. The van der Waals surface area contributed by atoms with Crippen molar-refractivity contribution in [2.24, 2.45) is 5.41 Å². The average Bonchev–Trinajstić information content (AvgIpc) is 2.60. The summed E-state index contributed by atoms with van der Waals surface area (Å²) in [7, 11) is 0. The van der Waals surface area contributed by atoms with Crippen molar-refractivity contribution in [3.05, 3.63) is 34.3 Å². The van der Waals surface area contributed by atoms with Gasteiger partial charge >= 0.3 is 12.1 Å². The molecule has 150 valence electrons. The number of piperidine rings is 1. The monoisotopic (exact) mass is 441 g/mol. The molecule has 2 rings (SSSR count). The van der Waals surface area contributed by atoms with Gasteiger partial charge in [-0.3, -0.25) is 4.79 Å². The lowest BCUT2D eigenvalue weighted by Crippen LogP contribution is -2.51. The molecular weight excluding hydrogens is 414 g/mol. The molecule has 1 amide bonds. The quantitative estimate of drug-likeness (QED) is 0.712. The summed E-state index contributed by atoms with van der Waals surface area (Å²) in [6, 6.07) is 7.28. The molecule has 1 aliphatic heterocycles. The lowest BCUT2D eigenvalue weighted by atomic mass is 9.71. The van der Waals surface area contributed by atoms with Gasteiger partial charge in [0, 0.05) is 17.6 Å². The summed E-state index contributed by atoms with van der Waals surface area (Å²) in [5.41, 5.74) is -1.05.